The molecule has 1 saturated heterocycles. The Hall–Kier alpha value is -2.00. The van der Waals surface area contributed by atoms with Gasteiger partial charge in [0.25, 0.3) is 0 Å². The summed E-state index contributed by atoms with van der Waals surface area (Å²) in [7, 11) is 0. The van der Waals surface area contributed by atoms with Gasteiger partial charge in [-0.15, -0.1) is 0 Å². The number of alkyl halides is 3. The fraction of sp³-hybridized carbons (Fsp3) is 0.593. The Balaban J connectivity index is 1.76. The van der Waals surface area contributed by atoms with Gasteiger partial charge in [-0.1, -0.05) is 39.8 Å². The lowest BCUT2D eigenvalue weighted by Gasteiger charge is -2.42. The SMILES string of the molecule is CC(C)c1nc2c(c3c1[C@@H](c1ccc(C(F)(F)F)cc1)OC31CCOCC1)C(O)CC(C)(C)[C@H]2O. The first kappa shape index (κ1) is 24.7. The Bertz CT molecular complexity index is 1120. The Morgan fingerprint density at radius 2 is 1.66 bits per heavy atom. The van der Waals surface area contributed by atoms with Gasteiger partial charge in [0, 0.05) is 42.9 Å². The molecule has 2 N–H and O–H groups in total. The molecule has 8 heteroatoms. The van der Waals surface area contributed by atoms with Crippen molar-refractivity contribution in [1.82, 2.24) is 4.98 Å². The second-order valence-electron chi connectivity index (χ2n) is 11.1. The van der Waals surface area contributed by atoms with Crippen LogP contribution in [0.4, 0.5) is 13.2 Å². The van der Waals surface area contributed by atoms with E-state index in [1.807, 2.05) is 27.7 Å². The molecule has 5 rings (SSSR count). The van der Waals surface area contributed by atoms with Gasteiger partial charge < -0.3 is 19.7 Å². The minimum Gasteiger partial charge on any atom is -0.388 e. The molecule has 1 spiro atoms. The number of hydrogen-bond acceptors (Lipinski definition) is 5. The van der Waals surface area contributed by atoms with Gasteiger partial charge in [-0.2, -0.15) is 13.2 Å². The molecule has 2 aromatic rings. The lowest BCUT2D eigenvalue weighted by molar-refractivity contribution is -0.137. The van der Waals surface area contributed by atoms with Crippen LogP contribution in [-0.2, 0) is 21.3 Å². The van der Waals surface area contributed by atoms with Gasteiger partial charge in [-0.3, -0.25) is 4.98 Å². The second kappa shape index (κ2) is 8.26. The van der Waals surface area contributed by atoms with Crippen molar-refractivity contribution < 1.29 is 32.9 Å². The molecule has 1 aliphatic carbocycles. The number of aliphatic hydroxyl groups excluding tert-OH is 2. The number of hydrogen-bond donors (Lipinski definition) is 2. The summed E-state index contributed by atoms with van der Waals surface area (Å²) >= 11 is 0. The predicted octanol–water partition coefficient (Wildman–Crippen LogP) is 5.85. The van der Waals surface area contributed by atoms with Crippen LogP contribution >= 0.6 is 0 Å². The van der Waals surface area contributed by atoms with Crippen molar-refractivity contribution in [3.8, 4) is 0 Å². The monoisotopic (exact) mass is 491 g/mol. The number of halogens is 3. The Morgan fingerprint density at radius 1 is 1.03 bits per heavy atom. The number of nitrogens with zero attached hydrogens (tertiary/aromatic N) is 1. The first-order chi connectivity index (χ1) is 16.4. The van der Waals surface area contributed by atoms with E-state index < -0.39 is 41.1 Å². The van der Waals surface area contributed by atoms with Crippen LogP contribution in [0.1, 0.15) is 110 Å². The van der Waals surface area contributed by atoms with Crippen LogP contribution in [0.3, 0.4) is 0 Å². The quantitative estimate of drug-likeness (QED) is 0.552. The van der Waals surface area contributed by atoms with E-state index in [4.69, 9.17) is 14.5 Å². The number of ether oxygens (including phenoxy) is 2. The molecule has 5 nitrogen and oxygen atoms in total. The molecular weight excluding hydrogens is 459 g/mol. The van der Waals surface area contributed by atoms with Gasteiger partial charge in [0.2, 0.25) is 0 Å². The van der Waals surface area contributed by atoms with Gasteiger partial charge in [0.15, 0.2) is 0 Å². The molecule has 2 aliphatic heterocycles. The molecule has 1 aromatic heterocycles. The van der Waals surface area contributed by atoms with E-state index in [9.17, 15) is 23.4 Å². The van der Waals surface area contributed by atoms with Crippen molar-refractivity contribution in [2.24, 2.45) is 5.41 Å². The summed E-state index contributed by atoms with van der Waals surface area (Å²) < 4.78 is 52.1. The van der Waals surface area contributed by atoms with Crippen LogP contribution in [0.5, 0.6) is 0 Å². The maximum atomic E-state index is 13.2. The second-order valence-corrected chi connectivity index (χ2v) is 11.1. The molecule has 190 valence electrons. The molecule has 3 heterocycles. The highest BCUT2D eigenvalue weighted by Gasteiger charge is 2.53. The van der Waals surface area contributed by atoms with E-state index in [2.05, 4.69) is 0 Å². The van der Waals surface area contributed by atoms with Crippen molar-refractivity contribution >= 4 is 0 Å². The topological polar surface area (TPSA) is 71.8 Å². The molecule has 1 fully saturated rings. The van der Waals surface area contributed by atoms with Crippen molar-refractivity contribution in [3.63, 3.8) is 0 Å². The van der Waals surface area contributed by atoms with E-state index in [-0.39, 0.29) is 5.92 Å². The van der Waals surface area contributed by atoms with Crippen molar-refractivity contribution in [2.45, 2.75) is 83.0 Å². The Kier molecular flexibility index (Phi) is 5.83. The first-order valence-corrected chi connectivity index (χ1v) is 12.2. The zero-order chi connectivity index (χ0) is 25.3. The van der Waals surface area contributed by atoms with Crippen molar-refractivity contribution in [2.75, 3.05) is 13.2 Å². The third-order valence-corrected chi connectivity index (χ3v) is 7.83. The number of benzene rings is 1. The maximum absolute atomic E-state index is 13.2. The number of aliphatic hydroxyl groups is 2. The van der Waals surface area contributed by atoms with Crippen LogP contribution in [0.25, 0.3) is 0 Å². The lowest BCUT2D eigenvalue weighted by atomic mass is 9.68. The molecule has 0 radical (unpaired) electrons. The van der Waals surface area contributed by atoms with Crippen molar-refractivity contribution in [3.05, 3.63) is 63.5 Å². The molecule has 0 amide bonds. The van der Waals surface area contributed by atoms with E-state index in [1.54, 1.807) is 0 Å². The molecule has 0 saturated carbocycles. The van der Waals surface area contributed by atoms with E-state index in [0.29, 0.717) is 49.3 Å². The molecule has 3 atom stereocenters. The highest BCUT2D eigenvalue weighted by Crippen LogP contribution is 2.59. The summed E-state index contributed by atoms with van der Waals surface area (Å²) in [4.78, 5) is 4.92. The number of aromatic nitrogens is 1. The minimum atomic E-state index is -4.42. The van der Waals surface area contributed by atoms with Crippen LogP contribution in [0.2, 0.25) is 0 Å². The summed E-state index contributed by atoms with van der Waals surface area (Å²) in [6, 6.07) is 5.09. The molecule has 0 bridgehead atoms. The number of pyridine rings is 1. The largest absolute Gasteiger partial charge is 0.416 e. The summed E-state index contributed by atoms with van der Waals surface area (Å²) in [6.45, 7) is 8.78. The smallest absolute Gasteiger partial charge is 0.388 e. The Morgan fingerprint density at radius 3 is 2.23 bits per heavy atom. The molecule has 1 unspecified atom stereocenters. The highest BCUT2D eigenvalue weighted by atomic mass is 19.4. The van der Waals surface area contributed by atoms with Gasteiger partial charge in [-0.05, 0) is 41.0 Å². The summed E-state index contributed by atoms with van der Waals surface area (Å²) in [5, 5.41) is 22.6. The molecule has 3 aliphatic rings. The third kappa shape index (κ3) is 3.89. The van der Waals surface area contributed by atoms with Crippen LogP contribution in [0, 0.1) is 5.41 Å². The van der Waals surface area contributed by atoms with Gasteiger partial charge in [0.1, 0.15) is 12.2 Å². The zero-order valence-corrected chi connectivity index (χ0v) is 20.4. The molecular formula is C27H32F3NO4. The van der Waals surface area contributed by atoms with Crippen LogP contribution in [0.15, 0.2) is 24.3 Å². The fourth-order valence-electron chi connectivity index (χ4n) is 5.97. The standard InChI is InChI=1S/C27H32F3NO4/c1-14(2)21-19-20(18-17(32)13-25(3,4)24(33)22(18)31-21)26(9-11-34-12-10-26)35-23(19)15-5-7-16(8-6-15)27(28,29)30/h5-8,14,17,23-24,32-33H,9-13H2,1-4H3/t17?,23-,24+/m1/s1. The molecule has 1 aromatic carbocycles. The average Bonchev–Trinajstić information content (AvgIpc) is 3.10. The number of rotatable bonds is 2. The summed E-state index contributed by atoms with van der Waals surface area (Å²) in [5.41, 5.74) is 2.08. The van der Waals surface area contributed by atoms with E-state index in [1.165, 1.54) is 12.1 Å². The van der Waals surface area contributed by atoms with Crippen LogP contribution < -0.4 is 0 Å². The normalized spacial score (nSPS) is 27.2. The number of fused-ring (bicyclic) bond motifs is 4. The minimum absolute atomic E-state index is 0.0287. The Labute approximate surface area is 203 Å². The summed E-state index contributed by atoms with van der Waals surface area (Å²) in [6.07, 6.45) is -5.26. The predicted molar refractivity (Wildman–Crippen MR) is 123 cm³/mol. The van der Waals surface area contributed by atoms with Gasteiger partial charge >= 0.3 is 6.18 Å². The van der Waals surface area contributed by atoms with E-state index in [0.717, 1.165) is 29.0 Å². The van der Waals surface area contributed by atoms with Gasteiger partial charge in [0.05, 0.1) is 23.0 Å². The zero-order valence-electron chi connectivity index (χ0n) is 20.4. The lowest BCUT2D eigenvalue weighted by Crippen LogP contribution is -2.38. The third-order valence-electron chi connectivity index (χ3n) is 7.83. The fourth-order valence-corrected chi connectivity index (χ4v) is 5.97. The summed E-state index contributed by atoms with van der Waals surface area (Å²) in [5.74, 6) is -0.0287. The van der Waals surface area contributed by atoms with Crippen LogP contribution in [-0.4, -0.2) is 28.4 Å². The molecule has 35 heavy (non-hydrogen) atoms. The maximum Gasteiger partial charge on any atom is 0.416 e. The highest BCUT2D eigenvalue weighted by molar-refractivity contribution is 5.55. The average molecular weight is 492 g/mol. The van der Waals surface area contributed by atoms with Gasteiger partial charge in [-0.25, -0.2) is 0 Å². The van der Waals surface area contributed by atoms with E-state index >= 15 is 0 Å². The first-order valence-electron chi connectivity index (χ1n) is 12.2. The van der Waals surface area contributed by atoms with Crippen molar-refractivity contribution in [1.29, 1.82) is 0 Å².